The number of carbonyl (C=O) groups is 1. The number of aryl methyl sites for hydroxylation is 2. The van der Waals surface area contributed by atoms with Crippen LogP contribution in [0, 0.1) is 5.92 Å². The Hall–Kier alpha value is -2.38. The maximum Gasteiger partial charge on any atom is 0.329 e. The second kappa shape index (κ2) is 6.80. The molecule has 2 unspecified atom stereocenters. The molecule has 2 aromatic heterocycles. The summed E-state index contributed by atoms with van der Waals surface area (Å²) in [6.45, 7) is 6.17. The van der Waals surface area contributed by atoms with E-state index in [-0.39, 0.29) is 23.9 Å². The van der Waals surface area contributed by atoms with Crippen molar-refractivity contribution in [1.82, 2.24) is 24.8 Å². The van der Waals surface area contributed by atoms with Gasteiger partial charge in [-0.05, 0) is 12.8 Å². The minimum atomic E-state index is -0.513. The zero-order chi connectivity index (χ0) is 17.1. The smallest absolute Gasteiger partial charge is 0.329 e. The summed E-state index contributed by atoms with van der Waals surface area (Å²) in [4.78, 5) is 44.6. The van der Waals surface area contributed by atoms with E-state index >= 15 is 0 Å². The molecule has 0 radical (unpaired) electrons. The van der Waals surface area contributed by atoms with Gasteiger partial charge in [-0.3, -0.25) is 19.1 Å². The number of nitrogens with one attached hydrogen (secondary N) is 3. The summed E-state index contributed by atoms with van der Waals surface area (Å²) in [7, 11) is 1.53. The molecule has 2 aromatic rings. The minimum absolute atomic E-state index is 0.0546. The largest absolute Gasteiger partial charge is 0.353 e. The standard InChI is InChI=1S/C15H23N5O3/c1-5-8(2)9(3)16-11(21)7-6-10-17-12-13(18-10)20(4)15(23)19-14(12)22/h8-9H,5-7H2,1-4H3,(H,16,21)(H,17,18)(H,19,22,23). The van der Waals surface area contributed by atoms with Gasteiger partial charge in [-0.1, -0.05) is 20.3 Å². The first-order valence-corrected chi connectivity index (χ1v) is 7.80. The number of nitrogens with zero attached hydrogens (tertiary/aromatic N) is 2. The number of hydrogen-bond acceptors (Lipinski definition) is 4. The molecule has 0 fully saturated rings. The van der Waals surface area contributed by atoms with Gasteiger partial charge < -0.3 is 10.3 Å². The van der Waals surface area contributed by atoms with Crippen molar-refractivity contribution >= 4 is 17.1 Å². The Kier molecular flexibility index (Phi) is 5.02. The van der Waals surface area contributed by atoms with Gasteiger partial charge in [-0.15, -0.1) is 0 Å². The average Bonchev–Trinajstić information content (AvgIpc) is 2.95. The molecule has 2 heterocycles. The number of aromatic amines is 2. The molecule has 1 amide bonds. The monoisotopic (exact) mass is 321 g/mol. The summed E-state index contributed by atoms with van der Waals surface area (Å²) in [6, 6.07) is 0.117. The van der Waals surface area contributed by atoms with E-state index in [1.54, 1.807) is 0 Å². The Labute approximate surface area is 133 Å². The van der Waals surface area contributed by atoms with Crippen molar-refractivity contribution in [3.63, 3.8) is 0 Å². The van der Waals surface area contributed by atoms with Crippen LogP contribution in [-0.4, -0.2) is 31.5 Å². The van der Waals surface area contributed by atoms with Gasteiger partial charge in [0.15, 0.2) is 5.65 Å². The van der Waals surface area contributed by atoms with Crippen LogP contribution in [0.25, 0.3) is 11.2 Å². The molecule has 2 rings (SSSR count). The number of amides is 1. The van der Waals surface area contributed by atoms with Crippen LogP contribution < -0.4 is 16.6 Å². The molecular formula is C15H23N5O3. The van der Waals surface area contributed by atoms with Crippen molar-refractivity contribution in [3.05, 3.63) is 26.7 Å². The Morgan fingerprint density at radius 1 is 1.30 bits per heavy atom. The van der Waals surface area contributed by atoms with Crippen LogP contribution in [0.15, 0.2) is 9.59 Å². The molecule has 0 aliphatic heterocycles. The summed E-state index contributed by atoms with van der Waals surface area (Å²) in [6.07, 6.45) is 1.65. The normalized spacial score (nSPS) is 13.9. The molecule has 0 bridgehead atoms. The molecule has 3 N–H and O–H groups in total. The summed E-state index contributed by atoms with van der Waals surface area (Å²) in [5.41, 5.74) is -0.477. The Morgan fingerprint density at radius 3 is 2.65 bits per heavy atom. The number of rotatable bonds is 6. The number of carbonyl (C=O) groups excluding carboxylic acids is 1. The third kappa shape index (κ3) is 3.69. The quantitative estimate of drug-likeness (QED) is 0.716. The van der Waals surface area contributed by atoms with Crippen molar-refractivity contribution in [2.24, 2.45) is 13.0 Å². The maximum absolute atomic E-state index is 12.0. The topological polar surface area (TPSA) is 113 Å². The molecule has 23 heavy (non-hydrogen) atoms. The van der Waals surface area contributed by atoms with Crippen LogP contribution in [-0.2, 0) is 18.3 Å². The average molecular weight is 321 g/mol. The molecule has 0 aliphatic rings. The second-order valence-corrected chi connectivity index (χ2v) is 5.94. The van der Waals surface area contributed by atoms with Crippen molar-refractivity contribution in [2.75, 3.05) is 0 Å². The van der Waals surface area contributed by atoms with Gasteiger partial charge in [0.1, 0.15) is 11.3 Å². The van der Waals surface area contributed by atoms with Gasteiger partial charge in [-0.25, -0.2) is 9.78 Å². The molecular weight excluding hydrogens is 298 g/mol. The fourth-order valence-corrected chi connectivity index (χ4v) is 2.32. The highest BCUT2D eigenvalue weighted by Crippen LogP contribution is 2.08. The van der Waals surface area contributed by atoms with Gasteiger partial charge in [0.2, 0.25) is 5.91 Å². The second-order valence-electron chi connectivity index (χ2n) is 5.94. The molecule has 0 spiro atoms. The maximum atomic E-state index is 12.0. The van der Waals surface area contributed by atoms with Crippen molar-refractivity contribution in [2.45, 2.75) is 46.1 Å². The SMILES string of the molecule is CCC(C)C(C)NC(=O)CCc1nc2c([nH]1)c(=O)[nH]c(=O)n2C. The zero-order valence-electron chi connectivity index (χ0n) is 13.9. The van der Waals surface area contributed by atoms with Crippen LogP contribution in [0.2, 0.25) is 0 Å². The van der Waals surface area contributed by atoms with E-state index in [1.807, 2.05) is 6.92 Å². The van der Waals surface area contributed by atoms with Crippen molar-refractivity contribution in [1.29, 1.82) is 0 Å². The van der Waals surface area contributed by atoms with E-state index in [1.165, 1.54) is 11.6 Å². The summed E-state index contributed by atoms with van der Waals surface area (Å²) in [5.74, 6) is 0.873. The molecule has 0 aliphatic carbocycles. The highest BCUT2D eigenvalue weighted by atomic mass is 16.2. The van der Waals surface area contributed by atoms with E-state index < -0.39 is 11.2 Å². The van der Waals surface area contributed by atoms with Gasteiger partial charge >= 0.3 is 5.69 Å². The number of H-pyrrole nitrogens is 2. The van der Waals surface area contributed by atoms with Gasteiger partial charge in [0, 0.05) is 25.9 Å². The molecule has 8 heteroatoms. The van der Waals surface area contributed by atoms with Crippen LogP contribution in [0.5, 0.6) is 0 Å². The summed E-state index contributed by atoms with van der Waals surface area (Å²) in [5, 5.41) is 2.96. The van der Waals surface area contributed by atoms with E-state index in [2.05, 4.69) is 34.1 Å². The van der Waals surface area contributed by atoms with E-state index in [0.717, 1.165) is 6.42 Å². The molecule has 0 saturated carbocycles. The van der Waals surface area contributed by atoms with Gasteiger partial charge in [0.25, 0.3) is 5.56 Å². The lowest BCUT2D eigenvalue weighted by Gasteiger charge is -2.19. The highest BCUT2D eigenvalue weighted by molar-refractivity contribution is 5.76. The lowest BCUT2D eigenvalue weighted by molar-refractivity contribution is -0.122. The molecule has 8 nitrogen and oxygen atoms in total. The summed E-state index contributed by atoms with van der Waals surface area (Å²) >= 11 is 0. The van der Waals surface area contributed by atoms with Crippen LogP contribution in [0.4, 0.5) is 0 Å². The molecule has 126 valence electrons. The fourth-order valence-electron chi connectivity index (χ4n) is 2.32. The predicted octanol–water partition coefficient (Wildman–Crippen LogP) is 0.433. The Morgan fingerprint density at radius 2 is 2.00 bits per heavy atom. The van der Waals surface area contributed by atoms with E-state index in [9.17, 15) is 14.4 Å². The minimum Gasteiger partial charge on any atom is -0.353 e. The lowest BCUT2D eigenvalue weighted by Crippen LogP contribution is -2.37. The zero-order valence-corrected chi connectivity index (χ0v) is 13.9. The molecule has 2 atom stereocenters. The number of fused-ring (bicyclic) bond motifs is 1. The number of aromatic nitrogens is 4. The fraction of sp³-hybridized carbons (Fsp3) is 0.600. The molecule has 0 saturated heterocycles. The third-order valence-electron chi connectivity index (χ3n) is 4.28. The molecule has 0 aromatic carbocycles. The van der Waals surface area contributed by atoms with E-state index in [0.29, 0.717) is 23.8 Å². The van der Waals surface area contributed by atoms with Crippen molar-refractivity contribution in [3.8, 4) is 0 Å². The third-order valence-corrected chi connectivity index (χ3v) is 4.28. The van der Waals surface area contributed by atoms with Crippen LogP contribution in [0.1, 0.15) is 39.4 Å². The highest BCUT2D eigenvalue weighted by Gasteiger charge is 2.15. The Balaban J connectivity index is 2.07. The number of hydrogen-bond donors (Lipinski definition) is 3. The lowest BCUT2D eigenvalue weighted by atomic mass is 10.0. The first-order valence-electron chi connectivity index (χ1n) is 7.80. The van der Waals surface area contributed by atoms with Crippen molar-refractivity contribution < 1.29 is 4.79 Å². The predicted molar refractivity (Wildman–Crippen MR) is 87.3 cm³/mol. The van der Waals surface area contributed by atoms with Crippen LogP contribution in [0.3, 0.4) is 0 Å². The van der Waals surface area contributed by atoms with Gasteiger partial charge in [-0.2, -0.15) is 0 Å². The first kappa shape index (κ1) is 17.0. The Bertz CT molecular complexity index is 817. The van der Waals surface area contributed by atoms with Gasteiger partial charge in [0.05, 0.1) is 0 Å². The van der Waals surface area contributed by atoms with E-state index in [4.69, 9.17) is 0 Å². The summed E-state index contributed by atoms with van der Waals surface area (Å²) < 4.78 is 1.27. The van der Waals surface area contributed by atoms with Crippen LogP contribution >= 0.6 is 0 Å². The first-order chi connectivity index (χ1) is 10.8. The number of imidazole rings is 1.